The zero-order valence-corrected chi connectivity index (χ0v) is 10.3. The normalized spacial score (nSPS) is 10.5. The van der Waals surface area contributed by atoms with Crippen molar-refractivity contribution in [3.8, 4) is 6.07 Å². The Kier molecular flexibility index (Phi) is 3.63. The zero-order chi connectivity index (χ0) is 13.1. The molecule has 6 heteroatoms. The smallest absolute Gasteiger partial charge is 0.415 e. The van der Waals surface area contributed by atoms with E-state index in [1.165, 1.54) is 19.4 Å². The summed E-state index contributed by atoms with van der Waals surface area (Å²) >= 11 is 0. The second-order valence-corrected chi connectivity index (χ2v) is 4.38. The fourth-order valence-corrected chi connectivity index (χ4v) is 1.07. The van der Waals surface area contributed by atoms with E-state index in [1.807, 2.05) is 6.07 Å². The summed E-state index contributed by atoms with van der Waals surface area (Å²) < 4.78 is 5.16. The quantitative estimate of drug-likeness (QED) is 0.739. The fraction of sp³-hybridized carbons (Fsp3) is 0.455. The number of rotatable bonds is 1. The highest BCUT2D eigenvalue weighted by molar-refractivity contribution is 5.87. The van der Waals surface area contributed by atoms with Crippen molar-refractivity contribution < 1.29 is 9.53 Å². The largest absolute Gasteiger partial charge is 0.443 e. The van der Waals surface area contributed by atoms with Crippen LogP contribution in [0.1, 0.15) is 26.5 Å². The van der Waals surface area contributed by atoms with Crippen molar-refractivity contribution in [1.29, 1.82) is 5.26 Å². The molecule has 0 aromatic carbocycles. The van der Waals surface area contributed by atoms with Gasteiger partial charge in [-0.2, -0.15) is 5.26 Å². The first-order valence-corrected chi connectivity index (χ1v) is 5.03. The maximum absolute atomic E-state index is 11.8. The minimum absolute atomic E-state index is 0.0841. The van der Waals surface area contributed by atoms with Crippen LogP contribution in [-0.4, -0.2) is 28.7 Å². The summed E-state index contributed by atoms with van der Waals surface area (Å²) in [6.45, 7) is 5.29. The van der Waals surface area contributed by atoms with E-state index in [9.17, 15) is 4.79 Å². The van der Waals surface area contributed by atoms with E-state index in [-0.39, 0.29) is 11.5 Å². The van der Waals surface area contributed by atoms with Gasteiger partial charge in [-0.05, 0) is 20.8 Å². The number of hydrogen-bond donors (Lipinski definition) is 0. The number of amides is 1. The molecule has 90 valence electrons. The molecule has 17 heavy (non-hydrogen) atoms. The predicted molar refractivity (Wildman–Crippen MR) is 61.4 cm³/mol. The topological polar surface area (TPSA) is 79.1 Å². The third-order valence-electron chi connectivity index (χ3n) is 1.77. The molecule has 1 heterocycles. The molecule has 1 aromatic rings. The minimum Gasteiger partial charge on any atom is -0.443 e. The summed E-state index contributed by atoms with van der Waals surface area (Å²) in [6.07, 6.45) is 2.23. The lowest BCUT2D eigenvalue weighted by Gasteiger charge is -2.24. The number of aromatic nitrogens is 2. The molecule has 0 radical (unpaired) electrons. The average molecular weight is 234 g/mol. The van der Waals surface area contributed by atoms with Crippen molar-refractivity contribution in [2.24, 2.45) is 0 Å². The van der Waals surface area contributed by atoms with Crippen molar-refractivity contribution in [2.75, 3.05) is 11.9 Å². The van der Waals surface area contributed by atoms with Gasteiger partial charge in [0.2, 0.25) is 0 Å². The third kappa shape index (κ3) is 3.41. The number of ether oxygens (including phenoxy) is 1. The van der Waals surface area contributed by atoms with Crippen molar-refractivity contribution in [3.63, 3.8) is 0 Å². The first-order chi connectivity index (χ1) is 7.85. The molecular weight excluding hydrogens is 220 g/mol. The summed E-state index contributed by atoms with van der Waals surface area (Å²) in [6, 6.07) is 1.87. The Hall–Kier alpha value is -2.16. The van der Waals surface area contributed by atoms with Crippen LogP contribution >= 0.6 is 0 Å². The van der Waals surface area contributed by atoms with Gasteiger partial charge in [0.1, 0.15) is 11.7 Å². The molecule has 1 aromatic heterocycles. The molecule has 0 spiro atoms. The van der Waals surface area contributed by atoms with Gasteiger partial charge in [-0.3, -0.25) is 4.90 Å². The monoisotopic (exact) mass is 234 g/mol. The second kappa shape index (κ2) is 4.78. The molecule has 0 unspecified atom stereocenters. The maximum Gasteiger partial charge on any atom is 0.415 e. The second-order valence-electron chi connectivity index (χ2n) is 4.38. The molecule has 0 fully saturated rings. The highest BCUT2D eigenvalue weighted by atomic mass is 16.6. The van der Waals surface area contributed by atoms with Gasteiger partial charge >= 0.3 is 6.09 Å². The van der Waals surface area contributed by atoms with Crippen LogP contribution in [-0.2, 0) is 4.74 Å². The third-order valence-corrected chi connectivity index (χ3v) is 1.77. The molecular formula is C11H14N4O2. The fourth-order valence-electron chi connectivity index (χ4n) is 1.07. The average Bonchev–Trinajstić information content (AvgIpc) is 2.25. The summed E-state index contributed by atoms with van der Waals surface area (Å²) in [7, 11) is 1.49. The van der Waals surface area contributed by atoms with Crippen molar-refractivity contribution in [1.82, 2.24) is 9.97 Å². The molecule has 0 saturated carbocycles. The Balaban J connectivity index is 2.94. The van der Waals surface area contributed by atoms with E-state index >= 15 is 0 Å². The summed E-state index contributed by atoms with van der Waals surface area (Å²) in [5, 5.41) is 8.85. The lowest BCUT2D eigenvalue weighted by Crippen LogP contribution is -2.35. The number of carbonyl (C=O) groups excluding carboxylic acids is 1. The molecule has 1 rings (SSSR count). The lowest BCUT2D eigenvalue weighted by atomic mass is 10.2. The van der Waals surface area contributed by atoms with Crippen LogP contribution in [0.3, 0.4) is 0 Å². The van der Waals surface area contributed by atoms with Gasteiger partial charge < -0.3 is 4.74 Å². The van der Waals surface area contributed by atoms with Crippen LogP contribution < -0.4 is 4.90 Å². The van der Waals surface area contributed by atoms with Gasteiger partial charge in [-0.1, -0.05) is 0 Å². The molecule has 0 bridgehead atoms. The minimum atomic E-state index is -0.597. The Morgan fingerprint density at radius 3 is 2.53 bits per heavy atom. The Morgan fingerprint density at radius 1 is 1.41 bits per heavy atom. The molecule has 0 atom stereocenters. The maximum atomic E-state index is 11.8. The molecule has 0 N–H and O–H groups in total. The van der Waals surface area contributed by atoms with Crippen molar-refractivity contribution in [3.05, 3.63) is 18.1 Å². The van der Waals surface area contributed by atoms with E-state index < -0.39 is 11.7 Å². The summed E-state index contributed by atoms with van der Waals surface area (Å²) in [5.74, 6) is 0.184. The van der Waals surface area contributed by atoms with E-state index in [0.717, 1.165) is 4.90 Å². The zero-order valence-electron chi connectivity index (χ0n) is 10.3. The molecule has 1 amide bonds. The van der Waals surface area contributed by atoms with Crippen LogP contribution in [0.15, 0.2) is 12.4 Å². The van der Waals surface area contributed by atoms with Crippen molar-refractivity contribution >= 4 is 11.9 Å². The molecule has 0 aliphatic carbocycles. The molecule has 0 aliphatic rings. The van der Waals surface area contributed by atoms with E-state index in [1.54, 1.807) is 20.8 Å². The van der Waals surface area contributed by atoms with Crippen LogP contribution in [0.2, 0.25) is 0 Å². The van der Waals surface area contributed by atoms with Gasteiger partial charge in [0.15, 0.2) is 11.5 Å². The number of nitriles is 1. The standard InChI is InChI=1S/C11H14N4O2/c1-11(2,3)17-10(16)15(4)9-8(7-12)13-5-6-14-9/h5-6H,1-4H3. The van der Waals surface area contributed by atoms with Crippen LogP contribution in [0.5, 0.6) is 0 Å². The summed E-state index contributed by atoms with van der Waals surface area (Å²) in [4.78, 5) is 20.7. The lowest BCUT2D eigenvalue weighted by molar-refractivity contribution is 0.0588. The molecule has 0 aliphatic heterocycles. The number of nitrogens with zero attached hydrogens (tertiary/aromatic N) is 4. The van der Waals surface area contributed by atoms with Crippen LogP contribution in [0, 0.1) is 11.3 Å². The highest BCUT2D eigenvalue weighted by Crippen LogP contribution is 2.16. The Morgan fingerprint density at radius 2 is 2.00 bits per heavy atom. The Labute approximate surface area is 99.9 Å². The van der Waals surface area contributed by atoms with E-state index in [2.05, 4.69) is 9.97 Å². The molecule has 0 saturated heterocycles. The Bertz CT molecular complexity index is 459. The SMILES string of the molecule is CN(C(=O)OC(C)(C)C)c1nccnc1C#N. The first kappa shape index (κ1) is 12.9. The van der Waals surface area contributed by atoms with E-state index in [4.69, 9.17) is 10.00 Å². The van der Waals surface area contributed by atoms with Gasteiger partial charge in [0, 0.05) is 19.4 Å². The van der Waals surface area contributed by atoms with Crippen LogP contribution in [0.25, 0.3) is 0 Å². The van der Waals surface area contributed by atoms with Gasteiger partial charge in [0.25, 0.3) is 0 Å². The van der Waals surface area contributed by atoms with Crippen LogP contribution in [0.4, 0.5) is 10.6 Å². The highest BCUT2D eigenvalue weighted by Gasteiger charge is 2.23. The van der Waals surface area contributed by atoms with Gasteiger partial charge in [-0.25, -0.2) is 14.8 Å². The summed E-state index contributed by atoms with van der Waals surface area (Å²) in [5.41, 5.74) is -0.513. The number of anilines is 1. The first-order valence-electron chi connectivity index (χ1n) is 5.03. The predicted octanol–water partition coefficient (Wildman–Crippen LogP) is 1.72. The van der Waals surface area contributed by atoms with Crippen molar-refractivity contribution in [2.45, 2.75) is 26.4 Å². The number of carbonyl (C=O) groups is 1. The van der Waals surface area contributed by atoms with E-state index in [0.29, 0.717) is 0 Å². The number of hydrogen-bond acceptors (Lipinski definition) is 5. The molecule has 6 nitrogen and oxygen atoms in total. The van der Waals surface area contributed by atoms with Gasteiger partial charge in [-0.15, -0.1) is 0 Å². The van der Waals surface area contributed by atoms with Gasteiger partial charge in [0.05, 0.1) is 0 Å².